The minimum Gasteiger partial charge on any atom is -0.393 e. The van der Waals surface area contributed by atoms with Crippen LogP contribution in [0.1, 0.15) is 11.5 Å². The van der Waals surface area contributed by atoms with Crippen molar-refractivity contribution in [2.24, 2.45) is 0 Å². The van der Waals surface area contributed by atoms with Crippen LogP contribution in [0.25, 0.3) is 0 Å². The molecule has 0 aliphatic rings. The fraction of sp³-hybridized carbons (Fsp3) is 0.571. The van der Waals surface area contributed by atoms with Crippen molar-refractivity contribution >= 4 is 0 Å². The summed E-state index contributed by atoms with van der Waals surface area (Å²) in [4.78, 5) is 0. The summed E-state index contributed by atoms with van der Waals surface area (Å²) in [7, 11) is 0. The normalized spacial score (nSPS) is 12.0. The van der Waals surface area contributed by atoms with Gasteiger partial charge in [-0.1, -0.05) is 5.16 Å². The van der Waals surface area contributed by atoms with Gasteiger partial charge in [-0.15, -0.1) is 0 Å². The first-order valence-corrected chi connectivity index (χ1v) is 3.50. The van der Waals surface area contributed by atoms with Gasteiger partial charge in [0.2, 0.25) is 0 Å². The summed E-state index contributed by atoms with van der Waals surface area (Å²) < 4.78 is 4.68. The topological polar surface area (TPSA) is 86.7 Å². The van der Waals surface area contributed by atoms with Crippen molar-refractivity contribution in [2.75, 3.05) is 13.2 Å². The zero-order valence-corrected chi connectivity index (χ0v) is 6.69. The number of rotatable bonds is 3. The smallest absolute Gasteiger partial charge is 0.156 e. The van der Waals surface area contributed by atoms with Gasteiger partial charge in [-0.25, -0.2) is 0 Å². The highest BCUT2D eigenvalue weighted by Crippen LogP contribution is 2.18. The van der Waals surface area contributed by atoms with Gasteiger partial charge >= 0.3 is 0 Å². The van der Waals surface area contributed by atoms with Crippen LogP contribution in [0.3, 0.4) is 0 Å². The summed E-state index contributed by atoms with van der Waals surface area (Å²) in [5.74, 6) is 0.519. The first-order valence-electron chi connectivity index (χ1n) is 3.50. The third-order valence-electron chi connectivity index (χ3n) is 1.63. The van der Waals surface area contributed by atoms with Crippen LogP contribution in [0, 0.1) is 6.92 Å². The van der Waals surface area contributed by atoms with Gasteiger partial charge in [0.1, 0.15) is 11.5 Å². The van der Waals surface area contributed by atoms with E-state index in [4.69, 9.17) is 10.2 Å². The van der Waals surface area contributed by atoms with E-state index in [1.807, 2.05) is 0 Å². The van der Waals surface area contributed by atoms with E-state index in [9.17, 15) is 5.11 Å². The average Bonchev–Trinajstić information content (AvgIpc) is 2.51. The van der Waals surface area contributed by atoms with E-state index in [1.54, 1.807) is 6.92 Å². The molecule has 0 unspecified atom stereocenters. The van der Waals surface area contributed by atoms with Crippen molar-refractivity contribution in [3.05, 3.63) is 17.5 Å². The van der Waals surface area contributed by atoms with Gasteiger partial charge < -0.3 is 19.8 Å². The van der Waals surface area contributed by atoms with Crippen LogP contribution in [0.2, 0.25) is 0 Å². The van der Waals surface area contributed by atoms with Crippen LogP contribution in [0.5, 0.6) is 0 Å². The Labute approximate surface area is 69.2 Å². The number of aromatic nitrogens is 1. The molecule has 1 aromatic rings. The molecule has 12 heavy (non-hydrogen) atoms. The summed E-state index contributed by atoms with van der Waals surface area (Å²) in [5.41, 5.74) is -1.55. The van der Waals surface area contributed by atoms with Crippen molar-refractivity contribution in [1.29, 1.82) is 0 Å². The predicted octanol–water partition coefficient (Wildman–Crippen LogP) is -0.845. The molecule has 1 heterocycles. The van der Waals surface area contributed by atoms with Crippen molar-refractivity contribution in [2.45, 2.75) is 12.5 Å². The maximum atomic E-state index is 9.49. The number of hydrogen-bond donors (Lipinski definition) is 3. The van der Waals surface area contributed by atoms with E-state index < -0.39 is 18.8 Å². The molecule has 0 aliphatic carbocycles. The van der Waals surface area contributed by atoms with Crippen molar-refractivity contribution in [3.63, 3.8) is 0 Å². The number of aliphatic hydroxyl groups excluding tert-OH is 2. The minimum absolute atomic E-state index is 0.144. The van der Waals surface area contributed by atoms with E-state index in [-0.39, 0.29) is 5.69 Å². The Morgan fingerprint density at radius 1 is 1.50 bits per heavy atom. The molecule has 0 amide bonds. The average molecular weight is 173 g/mol. The highest BCUT2D eigenvalue weighted by molar-refractivity contribution is 5.13. The van der Waals surface area contributed by atoms with Crippen molar-refractivity contribution in [1.82, 2.24) is 5.16 Å². The molecular weight excluding hydrogens is 162 g/mol. The Bertz CT molecular complexity index is 254. The van der Waals surface area contributed by atoms with Crippen LogP contribution >= 0.6 is 0 Å². The Morgan fingerprint density at radius 3 is 2.42 bits per heavy atom. The quantitative estimate of drug-likeness (QED) is 0.554. The van der Waals surface area contributed by atoms with E-state index >= 15 is 0 Å². The van der Waals surface area contributed by atoms with Gasteiger partial charge in [0.25, 0.3) is 0 Å². The Morgan fingerprint density at radius 2 is 2.08 bits per heavy atom. The van der Waals surface area contributed by atoms with Gasteiger partial charge in [0.05, 0.1) is 13.2 Å². The van der Waals surface area contributed by atoms with E-state index in [1.165, 1.54) is 6.07 Å². The van der Waals surface area contributed by atoms with Crippen LogP contribution in [-0.2, 0) is 5.60 Å². The van der Waals surface area contributed by atoms with Gasteiger partial charge in [-0.3, -0.25) is 0 Å². The molecule has 68 valence electrons. The zero-order chi connectivity index (χ0) is 9.19. The third-order valence-corrected chi connectivity index (χ3v) is 1.63. The second-order valence-corrected chi connectivity index (χ2v) is 2.67. The monoisotopic (exact) mass is 173 g/mol. The lowest BCUT2D eigenvalue weighted by Crippen LogP contribution is -2.34. The van der Waals surface area contributed by atoms with Crippen LogP contribution in [0.15, 0.2) is 10.6 Å². The second kappa shape index (κ2) is 3.22. The molecule has 3 N–H and O–H groups in total. The summed E-state index contributed by atoms with van der Waals surface area (Å²) in [6.45, 7) is 0.483. The highest BCUT2D eigenvalue weighted by atomic mass is 16.5. The van der Waals surface area contributed by atoms with E-state index in [0.29, 0.717) is 5.76 Å². The summed E-state index contributed by atoms with van der Waals surface area (Å²) in [5, 5.41) is 30.5. The first kappa shape index (κ1) is 9.18. The molecule has 0 bridgehead atoms. The molecule has 0 spiro atoms. The standard InChI is InChI=1S/C7H11NO4/c1-5-2-6(8-12-5)7(11,3-9)4-10/h2,9-11H,3-4H2,1H3. The molecule has 5 nitrogen and oxygen atoms in total. The molecule has 0 aromatic carbocycles. The number of nitrogens with zero attached hydrogens (tertiary/aromatic N) is 1. The maximum Gasteiger partial charge on any atom is 0.156 e. The summed E-state index contributed by atoms with van der Waals surface area (Å²) >= 11 is 0. The van der Waals surface area contributed by atoms with Crippen molar-refractivity contribution in [3.8, 4) is 0 Å². The number of aliphatic hydroxyl groups is 3. The van der Waals surface area contributed by atoms with Crippen LogP contribution in [0.4, 0.5) is 0 Å². The fourth-order valence-corrected chi connectivity index (χ4v) is 0.798. The number of hydrogen-bond acceptors (Lipinski definition) is 5. The van der Waals surface area contributed by atoms with Crippen LogP contribution < -0.4 is 0 Å². The molecule has 0 atom stereocenters. The molecule has 0 saturated carbocycles. The van der Waals surface area contributed by atoms with E-state index in [0.717, 1.165) is 0 Å². The largest absolute Gasteiger partial charge is 0.393 e. The lowest BCUT2D eigenvalue weighted by molar-refractivity contribution is -0.0645. The number of aryl methyl sites for hydroxylation is 1. The van der Waals surface area contributed by atoms with Gasteiger partial charge in [-0.05, 0) is 6.92 Å². The predicted molar refractivity (Wildman–Crippen MR) is 39.3 cm³/mol. The molecule has 0 saturated heterocycles. The molecule has 0 radical (unpaired) electrons. The zero-order valence-electron chi connectivity index (χ0n) is 6.69. The second-order valence-electron chi connectivity index (χ2n) is 2.67. The van der Waals surface area contributed by atoms with Gasteiger partial charge in [0.15, 0.2) is 5.60 Å². The van der Waals surface area contributed by atoms with E-state index in [2.05, 4.69) is 9.68 Å². The minimum atomic E-state index is -1.70. The lowest BCUT2D eigenvalue weighted by Gasteiger charge is -2.19. The van der Waals surface area contributed by atoms with Crippen molar-refractivity contribution < 1.29 is 19.8 Å². The Hall–Kier alpha value is -0.910. The summed E-state index contributed by atoms with van der Waals surface area (Å²) in [6, 6.07) is 1.46. The summed E-state index contributed by atoms with van der Waals surface area (Å²) in [6.07, 6.45) is 0. The van der Waals surface area contributed by atoms with Crippen LogP contribution in [-0.4, -0.2) is 33.7 Å². The SMILES string of the molecule is Cc1cc(C(O)(CO)CO)no1. The fourth-order valence-electron chi connectivity index (χ4n) is 0.798. The molecule has 0 aliphatic heterocycles. The lowest BCUT2D eigenvalue weighted by atomic mass is 10.0. The maximum absolute atomic E-state index is 9.49. The molecule has 0 fully saturated rings. The van der Waals surface area contributed by atoms with Gasteiger partial charge in [0, 0.05) is 6.07 Å². The molecule has 5 heteroatoms. The van der Waals surface area contributed by atoms with Gasteiger partial charge in [-0.2, -0.15) is 0 Å². The highest BCUT2D eigenvalue weighted by Gasteiger charge is 2.31. The Kier molecular flexibility index (Phi) is 2.46. The first-order chi connectivity index (χ1) is 5.62. The Balaban J connectivity index is 2.94. The molecule has 1 rings (SSSR count). The molecule has 1 aromatic heterocycles. The molecular formula is C7H11NO4. The third kappa shape index (κ3) is 1.47.